The van der Waals surface area contributed by atoms with Gasteiger partial charge in [-0.3, -0.25) is 0 Å². The van der Waals surface area contributed by atoms with Crippen LogP contribution in [0.1, 0.15) is 22.8 Å². The van der Waals surface area contributed by atoms with E-state index in [-0.39, 0.29) is 5.56 Å². The number of carbonyl (C=O) groups is 1. The maximum atomic E-state index is 11.0. The molecule has 0 aliphatic heterocycles. The van der Waals surface area contributed by atoms with Gasteiger partial charge in [0.2, 0.25) is 0 Å². The summed E-state index contributed by atoms with van der Waals surface area (Å²) < 4.78 is 0. The summed E-state index contributed by atoms with van der Waals surface area (Å²) in [5, 5.41) is 8.99. The largest absolute Gasteiger partial charge is 0.478 e. The molecular weight excluding hydrogens is 310 g/mol. The van der Waals surface area contributed by atoms with Gasteiger partial charge in [-0.25, -0.2) is 4.79 Å². The molecule has 0 saturated carbocycles. The zero-order chi connectivity index (χ0) is 18.0. The molecule has 124 valence electrons. The second-order valence-corrected chi connectivity index (χ2v) is 6.04. The Hall–Kier alpha value is -3.33. The quantitative estimate of drug-likeness (QED) is 0.636. The van der Waals surface area contributed by atoms with Crippen molar-refractivity contribution in [3.63, 3.8) is 0 Å². The Kier molecular flexibility index (Phi) is 4.40. The fourth-order valence-electron chi connectivity index (χ4n) is 2.74. The predicted molar refractivity (Wildman–Crippen MR) is 103 cm³/mol. The van der Waals surface area contributed by atoms with E-state index in [0.29, 0.717) is 5.69 Å². The first-order valence-electron chi connectivity index (χ1n) is 7.95. The Labute approximate surface area is 147 Å². The summed E-state index contributed by atoms with van der Waals surface area (Å²) in [6, 6.07) is 20.9. The molecule has 0 aliphatic rings. The third-order valence-corrected chi connectivity index (χ3v) is 4.21. The third-order valence-electron chi connectivity index (χ3n) is 4.21. The molecule has 3 heteroatoms. The zero-order valence-corrected chi connectivity index (χ0v) is 14.0. The fraction of sp³-hybridized carbons (Fsp3) is 0.0455. The van der Waals surface area contributed by atoms with E-state index in [4.69, 9.17) is 10.8 Å². The Balaban J connectivity index is 1.92. The predicted octanol–water partition coefficient (Wildman–Crippen LogP) is 5.33. The van der Waals surface area contributed by atoms with Crippen LogP contribution in [0.4, 0.5) is 5.69 Å². The van der Waals surface area contributed by atoms with E-state index in [9.17, 15) is 4.79 Å². The summed E-state index contributed by atoms with van der Waals surface area (Å²) >= 11 is 0. The Morgan fingerprint density at radius 2 is 1.36 bits per heavy atom. The lowest BCUT2D eigenvalue weighted by molar-refractivity contribution is 0.0697. The van der Waals surface area contributed by atoms with Crippen LogP contribution in [0, 0.1) is 0 Å². The minimum absolute atomic E-state index is 0.261. The molecule has 0 heterocycles. The van der Waals surface area contributed by atoms with Crippen LogP contribution in [0.25, 0.3) is 27.8 Å². The number of benzene rings is 3. The highest BCUT2D eigenvalue weighted by molar-refractivity contribution is 5.89. The molecule has 3 aromatic rings. The second kappa shape index (κ2) is 6.65. The fourth-order valence-corrected chi connectivity index (χ4v) is 2.74. The Bertz CT molecular complexity index is 939. The normalized spacial score (nSPS) is 10.4. The van der Waals surface area contributed by atoms with Gasteiger partial charge in [0.25, 0.3) is 0 Å². The Morgan fingerprint density at radius 3 is 1.88 bits per heavy atom. The number of carboxylic acid groups (broad SMARTS) is 1. The van der Waals surface area contributed by atoms with Crippen LogP contribution < -0.4 is 5.73 Å². The topological polar surface area (TPSA) is 63.3 Å². The molecule has 3 N–H and O–H groups in total. The summed E-state index contributed by atoms with van der Waals surface area (Å²) in [5.74, 6) is -0.937. The van der Waals surface area contributed by atoms with E-state index < -0.39 is 5.97 Å². The molecular formula is C22H19NO2. The van der Waals surface area contributed by atoms with Crippen LogP contribution in [-0.2, 0) is 0 Å². The lowest BCUT2D eigenvalue weighted by atomic mass is 9.97. The minimum Gasteiger partial charge on any atom is -0.478 e. The van der Waals surface area contributed by atoms with Crippen molar-refractivity contribution in [1.82, 2.24) is 0 Å². The molecule has 0 amide bonds. The molecule has 0 atom stereocenters. The highest BCUT2D eigenvalue weighted by Gasteiger charge is 2.07. The number of anilines is 1. The van der Waals surface area contributed by atoms with Crippen molar-refractivity contribution in [2.24, 2.45) is 0 Å². The molecule has 0 fully saturated rings. The van der Waals surface area contributed by atoms with Crippen LogP contribution in [-0.4, -0.2) is 11.1 Å². The molecule has 3 rings (SSSR count). The van der Waals surface area contributed by atoms with Crippen molar-refractivity contribution in [1.29, 1.82) is 0 Å². The van der Waals surface area contributed by atoms with Crippen molar-refractivity contribution in [2.45, 2.75) is 6.92 Å². The molecule has 0 bridgehead atoms. The van der Waals surface area contributed by atoms with Gasteiger partial charge >= 0.3 is 5.97 Å². The van der Waals surface area contributed by atoms with Gasteiger partial charge in [0.15, 0.2) is 0 Å². The average Bonchev–Trinajstić information content (AvgIpc) is 2.62. The molecule has 0 spiro atoms. The summed E-state index contributed by atoms with van der Waals surface area (Å²) in [7, 11) is 0. The molecule has 3 nitrogen and oxygen atoms in total. The van der Waals surface area contributed by atoms with E-state index in [1.54, 1.807) is 24.3 Å². The van der Waals surface area contributed by atoms with Crippen LogP contribution in [0.15, 0.2) is 73.3 Å². The Morgan fingerprint density at radius 1 is 0.840 bits per heavy atom. The molecule has 0 aliphatic carbocycles. The first-order chi connectivity index (χ1) is 12.0. The van der Waals surface area contributed by atoms with Crippen LogP contribution in [0.2, 0.25) is 0 Å². The van der Waals surface area contributed by atoms with Gasteiger partial charge < -0.3 is 10.8 Å². The van der Waals surface area contributed by atoms with Gasteiger partial charge in [-0.05, 0) is 47.4 Å². The number of hydrogen-bond acceptors (Lipinski definition) is 2. The number of rotatable bonds is 4. The van der Waals surface area contributed by atoms with E-state index in [1.807, 2.05) is 37.3 Å². The van der Waals surface area contributed by atoms with Gasteiger partial charge in [0.05, 0.1) is 5.56 Å². The monoisotopic (exact) mass is 329 g/mol. The maximum Gasteiger partial charge on any atom is 0.335 e. The van der Waals surface area contributed by atoms with Gasteiger partial charge in [-0.15, -0.1) is 0 Å². The molecule has 0 saturated heterocycles. The van der Waals surface area contributed by atoms with E-state index in [2.05, 4.69) is 18.7 Å². The summed E-state index contributed by atoms with van der Waals surface area (Å²) in [6.45, 7) is 5.93. The minimum atomic E-state index is -0.937. The highest BCUT2D eigenvalue weighted by Crippen LogP contribution is 2.31. The first kappa shape index (κ1) is 16.5. The third kappa shape index (κ3) is 3.45. The highest BCUT2D eigenvalue weighted by atomic mass is 16.4. The van der Waals surface area contributed by atoms with E-state index >= 15 is 0 Å². The van der Waals surface area contributed by atoms with Gasteiger partial charge in [-0.1, -0.05) is 60.7 Å². The zero-order valence-electron chi connectivity index (χ0n) is 14.0. The van der Waals surface area contributed by atoms with Crippen LogP contribution in [0.5, 0.6) is 0 Å². The van der Waals surface area contributed by atoms with Gasteiger partial charge in [0.1, 0.15) is 0 Å². The van der Waals surface area contributed by atoms with Crippen LogP contribution >= 0.6 is 0 Å². The molecule has 0 aromatic heterocycles. The summed E-state index contributed by atoms with van der Waals surface area (Å²) in [5.41, 5.74) is 13.2. The molecule has 3 aromatic carbocycles. The number of allylic oxidation sites excluding steroid dienone is 1. The van der Waals surface area contributed by atoms with Crippen molar-refractivity contribution in [2.75, 3.05) is 5.73 Å². The standard InChI is InChI=1S/C22H19NO2/c1-14(2)15-3-5-16(6-4-15)19-11-12-20(21(23)13-19)17-7-9-18(10-8-17)22(24)25/h3-13H,1,23H2,2H3,(H,24,25). The van der Waals surface area contributed by atoms with Crippen LogP contribution in [0.3, 0.4) is 0 Å². The molecule has 25 heavy (non-hydrogen) atoms. The average molecular weight is 329 g/mol. The number of carboxylic acids is 1. The number of aromatic carboxylic acids is 1. The lowest BCUT2D eigenvalue weighted by Crippen LogP contribution is -1.96. The van der Waals surface area contributed by atoms with Crippen molar-refractivity contribution < 1.29 is 9.90 Å². The van der Waals surface area contributed by atoms with Gasteiger partial charge in [0, 0.05) is 11.3 Å². The van der Waals surface area contributed by atoms with Gasteiger partial charge in [-0.2, -0.15) is 0 Å². The SMILES string of the molecule is C=C(C)c1ccc(-c2ccc(-c3ccc(C(=O)O)cc3)c(N)c2)cc1. The smallest absolute Gasteiger partial charge is 0.335 e. The summed E-state index contributed by atoms with van der Waals surface area (Å²) in [4.78, 5) is 11.0. The maximum absolute atomic E-state index is 11.0. The van der Waals surface area contributed by atoms with E-state index in [0.717, 1.165) is 33.4 Å². The summed E-state index contributed by atoms with van der Waals surface area (Å²) in [6.07, 6.45) is 0. The van der Waals surface area contributed by atoms with Crippen molar-refractivity contribution in [3.8, 4) is 22.3 Å². The number of hydrogen-bond donors (Lipinski definition) is 2. The molecule has 0 radical (unpaired) electrons. The van der Waals surface area contributed by atoms with Crippen molar-refractivity contribution >= 4 is 17.2 Å². The number of nitrogens with two attached hydrogens (primary N) is 1. The first-order valence-corrected chi connectivity index (χ1v) is 7.95. The second-order valence-electron chi connectivity index (χ2n) is 6.04. The molecule has 0 unspecified atom stereocenters. The number of nitrogen functional groups attached to an aromatic ring is 1. The lowest BCUT2D eigenvalue weighted by Gasteiger charge is -2.10. The van der Waals surface area contributed by atoms with E-state index in [1.165, 1.54) is 0 Å². The van der Waals surface area contributed by atoms with Crippen molar-refractivity contribution in [3.05, 3.63) is 84.4 Å².